The van der Waals surface area contributed by atoms with E-state index in [1.54, 1.807) is 18.3 Å². The predicted molar refractivity (Wildman–Crippen MR) is 71.7 cm³/mol. The van der Waals surface area contributed by atoms with Gasteiger partial charge in [-0.2, -0.15) is 0 Å². The molecule has 2 N–H and O–H groups in total. The van der Waals surface area contributed by atoms with Crippen molar-refractivity contribution in [3.05, 3.63) is 23.9 Å². The first-order valence-electron chi connectivity index (χ1n) is 6.20. The maximum absolute atomic E-state index is 12.2. The van der Waals surface area contributed by atoms with Gasteiger partial charge in [-0.3, -0.25) is 4.79 Å². The van der Waals surface area contributed by atoms with Crippen molar-refractivity contribution in [2.75, 3.05) is 6.26 Å². The Morgan fingerprint density at radius 1 is 1.50 bits per heavy atom. The molecule has 0 aliphatic heterocycles. The van der Waals surface area contributed by atoms with Gasteiger partial charge < -0.3 is 10.4 Å². The summed E-state index contributed by atoms with van der Waals surface area (Å²) in [6.45, 7) is 0. The van der Waals surface area contributed by atoms with E-state index in [1.807, 2.05) is 6.26 Å². The molecule has 0 spiro atoms. The largest absolute Gasteiger partial charge is 0.391 e. The number of aliphatic hydroxyl groups is 1. The number of rotatable bonds is 3. The number of nitrogens with one attached hydrogen (secondary N) is 1. The van der Waals surface area contributed by atoms with Crippen LogP contribution in [0.15, 0.2) is 23.4 Å². The van der Waals surface area contributed by atoms with Gasteiger partial charge in [-0.05, 0) is 31.2 Å². The summed E-state index contributed by atoms with van der Waals surface area (Å²) >= 11 is 1.45. The fourth-order valence-corrected chi connectivity index (χ4v) is 2.80. The van der Waals surface area contributed by atoms with Crippen LogP contribution in [0.25, 0.3) is 0 Å². The lowest BCUT2D eigenvalue weighted by molar-refractivity contribution is 0.0714. The van der Waals surface area contributed by atoms with Gasteiger partial charge in [-0.25, -0.2) is 4.98 Å². The minimum absolute atomic E-state index is 0.124. The second-order valence-electron chi connectivity index (χ2n) is 4.49. The summed E-state index contributed by atoms with van der Waals surface area (Å²) in [5, 5.41) is 13.5. The number of thioether (sulfide) groups is 1. The number of carbonyl (C=O) groups is 1. The zero-order chi connectivity index (χ0) is 13.0. The van der Waals surface area contributed by atoms with E-state index < -0.39 is 6.10 Å². The molecule has 5 heteroatoms. The van der Waals surface area contributed by atoms with Crippen molar-refractivity contribution >= 4 is 17.7 Å². The monoisotopic (exact) mass is 266 g/mol. The molecule has 4 nitrogen and oxygen atoms in total. The van der Waals surface area contributed by atoms with Crippen molar-refractivity contribution in [1.29, 1.82) is 0 Å². The molecular weight excluding hydrogens is 248 g/mol. The van der Waals surface area contributed by atoms with Gasteiger partial charge in [0.2, 0.25) is 0 Å². The molecule has 2 rings (SSSR count). The van der Waals surface area contributed by atoms with Crippen molar-refractivity contribution in [2.45, 2.75) is 42.9 Å². The van der Waals surface area contributed by atoms with Crippen LogP contribution in [0.2, 0.25) is 0 Å². The van der Waals surface area contributed by atoms with E-state index in [-0.39, 0.29) is 11.9 Å². The zero-order valence-corrected chi connectivity index (χ0v) is 11.2. The van der Waals surface area contributed by atoms with Crippen molar-refractivity contribution in [2.24, 2.45) is 0 Å². The summed E-state index contributed by atoms with van der Waals surface area (Å²) < 4.78 is 0. The second kappa shape index (κ2) is 6.20. The molecule has 1 saturated carbocycles. The standard InChI is InChI=1S/C13H18N2O2S/c1-18-13-9(5-4-8-14-13)12(17)15-10-6-2-3-7-11(10)16/h4-5,8,10-11,16H,2-3,6-7H2,1H3,(H,15,17)/t10-,11-/m0/s1. The highest BCUT2D eigenvalue weighted by Crippen LogP contribution is 2.20. The predicted octanol–water partition coefficient (Wildman–Crippen LogP) is 1.84. The molecule has 0 unspecified atom stereocenters. The van der Waals surface area contributed by atoms with Crippen molar-refractivity contribution < 1.29 is 9.90 Å². The van der Waals surface area contributed by atoms with Crippen molar-refractivity contribution in [1.82, 2.24) is 10.3 Å². The minimum Gasteiger partial charge on any atom is -0.391 e. The van der Waals surface area contributed by atoms with Crippen molar-refractivity contribution in [3.63, 3.8) is 0 Å². The van der Waals surface area contributed by atoms with Gasteiger partial charge in [0, 0.05) is 6.20 Å². The first kappa shape index (κ1) is 13.4. The van der Waals surface area contributed by atoms with Crippen LogP contribution in [0.4, 0.5) is 0 Å². The molecular formula is C13H18N2O2S. The van der Waals surface area contributed by atoms with E-state index in [0.717, 1.165) is 30.7 Å². The number of hydrogen-bond donors (Lipinski definition) is 2. The van der Waals surface area contributed by atoms with Crippen LogP contribution in [-0.2, 0) is 0 Å². The Kier molecular flexibility index (Phi) is 4.60. The molecule has 1 heterocycles. The Balaban J connectivity index is 2.07. The Labute approximate surface area is 111 Å². The highest BCUT2D eigenvalue weighted by atomic mass is 32.2. The maximum atomic E-state index is 12.2. The number of hydrogen-bond acceptors (Lipinski definition) is 4. The molecule has 1 aliphatic carbocycles. The fourth-order valence-electron chi connectivity index (χ4n) is 2.25. The van der Waals surface area contributed by atoms with Crippen LogP contribution in [0.5, 0.6) is 0 Å². The average molecular weight is 266 g/mol. The summed E-state index contributed by atoms with van der Waals surface area (Å²) in [7, 11) is 0. The zero-order valence-electron chi connectivity index (χ0n) is 10.4. The smallest absolute Gasteiger partial charge is 0.254 e. The molecule has 0 aromatic carbocycles. The molecule has 1 amide bonds. The van der Waals surface area contributed by atoms with Gasteiger partial charge in [-0.15, -0.1) is 11.8 Å². The minimum atomic E-state index is -0.419. The first-order valence-corrected chi connectivity index (χ1v) is 7.43. The summed E-state index contributed by atoms with van der Waals surface area (Å²) in [4.78, 5) is 16.3. The molecule has 0 radical (unpaired) electrons. The Bertz CT molecular complexity index is 425. The van der Waals surface area contributed by atoms with E-state index in [0.29, 0.717) is 5.56 Å². The topological polar surface area (TPSA) is 62.2 Å². The second-order valence-corrected chi connectivity index (χ2v) is 5.29. The lowest BCUT2D eigenvalue weighted by Crippen LogP contribution is -2.45. The summed E-state index contributed by atoms with van der Waals surface area (Å²) in [5.41, 5.74) is 0.586. The molecule has 1 aliphatic rings. The van der Waals surface area contributed by atoms with Gasteiger partial charge >= 0.3 is 0 Å². The molecule has 18 heavy (non-hydrogen) atoms. The van der Waals surface area contributed by atoms with Gasteiger partial charge in [0.1, 0.15) is 5.03 Å². The van der Waals surface area contributed by atoms with E-state index in [9.17, 15) is 9.90 Å². The summed E-state index contributed by atoms with van der Waals surface area (Å²) in [6, 6.07) is 3.40. The lowest BCUT2D eigenvalue weighted by atomic mass is 9.92. The number of carbonyl (C=O) groups excluding carboxylic acids is 1. The average Bonchev–Trinajstić information content (AvgIpc) is 2.41. The quantitative estimate of drug-likeness (QED) is 0.819. The number of amides is 1. The molecule has 1 fully saturated rings. The maximum Gasteiger partial charge on any atom is 0.254 e. The highest BCUT2D eigenvalue weighted by molar-refractivity contribution is 7.98. The van der Waals surface area contributed by atoms with Crippen LogP contribution in [0, 0.1) is 0 Å². The Hall–Kier alpha value is -1.07. The Morgan fingerprint density at radius 3 is 3.00 bits per heavy atom. The van der Waals surface area contributed by atoms with Crippen LogP contribution in [0.1, 0.15) is 36.0 Å². The SMILES string of the molecule is CSc1ncccc1C(=O)N[C@H]1CCCC[C@@H]1O. The Morgan fingerprint density at radius 2 is 2.28 bits per heavy atom. The van der Waals surface area contributed by atoms with E-state index in [2.05, 4.69) is 10.3 Å². The molecule has 0 saturated heterocycles. The highest BCUT2D eigenvalue weighted by Gasteiger charge is 2.25. The van der Waals surface area contributed by atoms with Gasteiger partial charge in [0.05, 0.1) is 17.7 Å². The van der Waals surface area contributed by atoms with Gasteiger partial charge in [0.25, 0.3) is 5.91 Å². The van der Waals surface area contributed by atoms with Crippen LogP contribution < -0.4 is 5.32 Å². The molecule has 1 aromatic rings. The van der Waals surface area contributed by atoms with Crippen LogP contribution in [-0.4, -0.2) is 34.4 Å². The number of aliphatic hydroxyl groups excluding tert-OH is 1. The lowest BCUT2D eigenvalue weighted by Gasteiger charge is -2.28. The van der Waals surface area contributed by atoms with Crippen molar-refractivity contribution in [3.8, 4) is 0 Å². The third kappa shape index (κ3) is 3.03. The third-order valence-electron chi connectivity index (χ3n) is 3.26. The fraction of sp³-hybridized carbons (Fsp3) is 0.538. The summed E-state index contributed by atoms with van der Waals surface area (Å²) in [5.74, 6) is -0.140. The first-order chi connectivity index (χ1) is 8.72. The summed E-state index contributed by atoms with van der Waals surface area (Å²) in [6.07, 6.45) is 6.87. The number of aromatic nitrogens is 1. The normalized spacial score (nSPS) is 23.7. The van der Waals surface area contributed by atoms with E-state index in [4.69, 9.17) is 0 Å². The molecule has 1 aromatic heterocycles. The molecule has 0 bridgehead atoms. The number of pyridine rings is 1. The number of nitrogens with zero attached hydrogens (tertiary/aromatic N) is 1. The van der Waals surface area contributed by atoms with Gasteiger partial charge in [0.15, 0.2) is 0 Å². The van der Waals surface area contributed by atoms with Crippen LogP contribution >= 0.6 is 11.8 Å². The van der Waals surface area contributed by atoms with Gasteiger partial charge in [-0.1, -0.05) is 12.8 Å². The van der Waals surface area contributed by atoms with E-state index in [1.165, 1.54) is 11.8 Å². The molecule has 2 atom stereocenters. The van der Waals surface area contributed by atoms with Crippen LogP contribution in [0.3, 0.4) is 0 Å². The van der Waals surface area contributed by atoms with E-state index >= 15 is 0 Å². The third-order valence-corrected chi connectivity index (χ3v) is 3.97. The molecule has 98 valence electrons.